The predicted molar refractivity (Wildman–Crippen MR) is 115 cm³/mol. The van der Waals surface area contributed by atoms with Crippen LogP contribution in [-0.4, -0.2) is 46.6 Å². The minimum absolute atomic E-state index is 0.0377. The highest BCUT2D eigenvalue weighted by molar-refractivity contribution is 7.10. The van der Waals surface area contributed by atoms with Crippen LogP contribution in [0.4, 0.5) is 4.79 Å². The summed E-state index contributed by atoms with van der Waals surface area (Å²) in [5, 5.41) is 33.1. The van der Waals surface area contributed by atoms with Crippen molar-refractivity contribution in [1.29, 1.82) is 0 Å². The molecule has 1 aliphatic rings. The van der Waals surface area contributed by atoms with Crippen molar-refractivity contribution in [2.75, 3.05) is 13.2 Å². The quantitative estimate of drug-likeness (QED) is 0.449. The summed E-state index contributed by atoms with van der Waals surface area (Å²) in [4.78, 5) is 23.4. The lowest BCUT2D eigenvalue weighted by Crippen LogP contribution is -2.36. The molecule has 0 bridgehead atoms. The van der Waals surface area contributed by atoms with Gasteiger partial charge < -0.3 is 25.4 Å². The fraction of sp³-hybridized carbons (Fsp3) is 0.217. The summed E-state index contributed by atoms with van der Waals surface area (Å²) in [7, 11) is 0. The van der Waals surface area contributed by atoms with Gasteiger partial charge in [0.25, 0.3) is 0 Å². The summed E-state index contributed by atoms with van der Waals surface area (Å²) < 4.78 is 5.39. The van der Waals surface area contributed by atoms with Gasteiger partial charge in [-0.15, -0.1) is 11.3 Å². The van der Waals surface area contributed by atoms with Crippen molar-refractivity contribution >= 4 is 23.4 Å². The minimum Gasteiger partial charge on any atom is -0.478 e. The molecule has 2 unspecified atom stereocenters. The number of nitrogens with one attached hydrogen (secondary N) is 1. The van der Waals surface area contributed by atoms with E-state index in [2.05, 4.69) is 5.32 Å². The van der Waals surface area contributed by atoms with Crippen LogP contribution in [0.1, 0.15) is 38.4 Å². The zero-order valence-corrected chi connectivity index (χ0v) is 17.2. The van der Waals surface area contributed by atoms with Gasteiger partial charge in [-0.05, 0) is 28.3 Å². The summed E-state index contributed by atoms with van der Waals surface area (Å²) in [6, 6.07) is 17.3. The van der Waals surface area contributed by atoms with Crippen LogP contribution in [0.3, 0.4) is 0 Å². The van der Waals surface area contributed by atoms with Crippen molar-refractivity contribution < 1.29 is 29.6 Å². The number of carbonyl (C=O) groups is 2. The number of ether oxygens (including phenoxy) is 1. The molecule has 0 saturated heterocycles. The van der Waals surface area contributed by atoms with E-state index in [1.807, 2.05) is 48.5 Å². The standard InChI is InChI=1S/C23H21NO6S/c25-19(21(26)20-9-13(12-31-20)22(27)28)10-24-23(29)30-11-18-16-7-3-1-5-14(16)15-6-2-4-8-17(15)18/h1-9,12,18-19,21,25-26H,10-11H2,(H,24,29)(H,27,28). The highest BCUT2D eigenvalue weighted by Gasteiger charge is 2.29. The Bertz CT molecular complexity index is 1070. The number of carbonyl (C=O) groups excluding carboxylic acids is 1. The van der Waals surface area contributed by atoms with Crippen LogP contribution in [-0.2, 0) is 4.74 Å². The lowest BCUT2D eigenvalue weighted by atomic mass is 9.98. The van der Waals surface area contributed by atoms with Gasteiger partial charge in [0.05, 0.1) is 5.56 Å². The third-order valence-corrected chi connectivity index (χ3v) is 6.33. The first-order valence-corrected chi connectivity index (χ1v) is 10.6. The first kappa shape index (κ1) is 21.0. The van der Waals surface area contributed by atoms with Crippen LogP contribution < -0.4 is 5.32 Å². The summed E-state index contributed by atoms with van der Waals surface area (Å²) in [6.07, 6.45) is -3.32. The molecule has 3 aromatic rings. The molecule has 0 aliphatic heterocycles. The number of carboxylic acid groups (broad SMARTS) is 1. The molecule has 4 rings (SSSR count). The molecule has 2 atom stereocenters. The third-order valence-electron chi connectivity index (χ3n) is 5.32. The molecule has 31 heavy (non-hydrogen) atoms. The Morgan fingerprint density at radius 3 is 2.23 bits per heavy atom. The zero-order chi connectivity index (χ0) is 22.0. The number of aliphatic hydroxyl groups excluding tert-OH is 2. The smallest absolute Gasteiger partial charge is 0.407 e. The number of aromatic carboxylic acids is 1. The number of rotatable bonds is 7. The first-order valence-electron chi connectivity index (χ1n) is 9.72. The molecule has 0 saturated carbocycles. The molecule has 2 aromatic carbocycles. The topological polar surface area (TPSA) is 116 Å². The Kier molecular flexibility index (Phi) is 6.03. The van der Waals surface area contributed by atoms with Crippen molar-refractivity contribution in [3.63, 3.8) is 0 Å². The lowest BCUT2D eigenvalue weighted by molar-refractivity contribution is 0.0206. The van der Waals surface area contributed by atoms with E-state index >= 15 is 0 Å². The summed E-state index contributed by atoms with van der Waals surface area (Å²) in [5.41, 5.74) is 4.48. The van der Waals surface area contributed by atoms with E-state index in [9.17, 15) is 19.8 Å². The highest BCUT2D eigenvalue weighted by Crippen LogP contribution is 2.44. The number of amides is 1. The van der Waals surface area contributed by atoms with Crippen molar-refractivity contribution in [3.8, 4) is 11.1 Å². The maximum absolute atomic E-state index is 12.2. The van der Waals surface area contributed by atoms with E-state index in [0.29, 0.717) is 4.88 Å². The molecule has 7 nitrogen and oxygen atoms in total. The van der Waals surface area contributed by atoms with Crippen LogP contribution in [0.25, 0.3) is 11.1 Å². The Morgan fingerprint density at radius 2 is 1.65 bits per heavy atom. The van der Waals surface area contributed by atoms with E-state index in [0.717, 1.165) is 33.6 Å². The Morgan fingerprint density at radius 1 is 1.03 bits per heavy atom. The van der Waals surface area contributed by atoms with Gasteiger partial charge in [-0.3, -0.25) is 0 Å². The number of benzene rings is 2. The number of hydrogen-bond acceptors (Lipinski definition) is 6. The monoisotopic (exact) mass is 439 g/mol. The van der Waals surface area contributed by atoms with Crippen LogP contribution >= 0.6 is 11.3 Å². The van der Waals surface area contributed by atoms with Crippen molar-refractivity contribution in [1.82, 2.24) is 5.32 Å². The molecule has 0 spiro atoms. The van der Waals surface area contributed by atoms with Gasteiger partial charge in [-0.1, -0.05) is 48.5 Å². The van der Waals surface area contributed by atoms with Gasteiger partial charge in [-0.25, -0.2) is 9.59 Å². The van der Waals surface area contributed by atoms with E-state index in [-0.39, 0.29) is 24.6 Å². The minimum atomic E-state index is -1.31. The van der Waals surface area contributed by atoms with Gasteiger partial charge in [-0.2, -0.15) is 0 Å². The third kappa shape index (κ3) is 4.32. The van der Waals surface area contributed by atoms with Crippen molar-refractivity contribution in [2.24, 2.45) is 0 Å². The largest absolute Gasteiger partial charge is 0.478 e. The van der Waals surface area contributed by atoms with Crippen LogP contribution in [0, 0.1) is 0 Å². The Balaban J connectivity index is 1.33. The van der Waals surface area contributed by atoms with Crippen LogP contribution in [0.15, 0.2) is 60.0 Å². The molecule has 0 fully saturated rings. The number of carboxylic acids is 1. The summed E-state index contributed by atoms with van der Waals surface area (Å²) >= 11 is 1.03. The summed E-state index contributed by atoms with van der Waals surface area (Å²) in [6.45, 7) is -0.0937. The fourth-order valence-electron chi connectivity index (χ4n) is 3.76. The van der Waals surface area contributed by atoms with Crippen molar-refractivity contribution in [2.45, 2.75) is 18.1 Å². The van der Waals surface area contributed by atoms with Crippen LogP contribution in [0.5, 0.6) is 0 Å². The zero-order valence-electron chi connectivity index (χ0n) is 16.4. The molecular formula is C23H21NO6S. The van der Waals surface area contributed by atoms with Gasteiger partial charge in [0, 0.05) is 22.7 Å². The number of hydrogen-bond donors (Lipinski definition) is 4. The predicted octanol–water partition coefficient (Wildman–Crippen LogP) is 3.38. The summed E-state index contributed by atoms with van der Waals surface area (Å²) in [5.74, 6) is -1.19. The van der Waals surface area contributed by atoms with E-state index < -0.39 is 24.3 Å². The molecule has 1 aliphatic carbocycles. The van der Waals surface area contributed by atoms with E-state index in [1.165, 1.54) is 11.4 Å². The molecule has 1 heterocycles. The molecular weight excluding hydrogens is 418 g/mol. The van der Waals surface area contributed by atoms with E-state index in [4.69, 9.17) is 9.84 Å². The second-order valence-corrected chi connectivity index (χ2v) is 8.20. The van der Waals surface area contributed by atoms with Crippen molar-refractivity contribution in [3.05, 3.63) is 81.5 Å². The average molecular weight is 439 g/mol. The molecule has 1 aromatic heterocycles. The molecule has 160 valence electrons. The number of thiophene rings is 1. The second-order valence-electron chi connectivity index (χ2n) is 7.26. The normalized spacial score (nSPS) is 14.4. The van der Waals surface area contributed by atoms with E-state index in [1.54, 1.807) is 0 Å². The second kappa shape index (κ2) is 8.89. The number of aliphatic hydroxyl groups is 2. The Labute approximate surface area is 182 Å². The lowest BCUT2D eigenvalue weighted by Gasteiger charge is -2.18. The molecule has 0 radical (unpaired) electrons. The van der Waals surface area contributed by atoms with Gasteiger partial charge in [0.2, 0.25) is 0 Å². The number of alkyl carbamates (subject to hydrolysis) is 1. The average Bonchev–Trinajstić information content (AvgIpc) is 3.39. The van der Waals surface area contributed by atoms with Crippen LogP contribution in [0.2, 0.25) is 0 Å². The number of fused-ring (bicyclic) bond motifs is 3. The Hall–Kier alpha value is -3.20. The maximum Gasteiger partial charge on any atom is 0.407 e. The molecule has 1 amide bonds. The maximum atomic E-state index is 12.2. The molecule has 4 N–H and O–H groups in total. The SMILES string of the molecule is O=C(NCC(O)C(O)c1cc(C(=O)O)cs1)OCC1c2ccccc2-c2ccccc21. The first-order chi connectivity index (χ1) is 15.0. The van der Waals surface area contributed by atoms with Gasteiger partial charge in [0.15, 0.2) is 0 Å². The molecule has 8 heteroatoms. The van der Waals surface area contributed by atoms with Gasteiger partial charge >= 0.3 is 12.1 Å². The fourth-order valence-corrected chi connectivity index (χ4v) is 4.68. The van der Waals surface area contributed by atoms with Gasteiger partial charge in [0.1, 0.15) is 18.8 Å². The highest BCUT2D eigenvalue weighted by atomic mass is 32.1.